The van der Waals surface area contributed by atoms with Gasteiger partial charge in [0.1, 0.15) is 24.6 Å². The fraction of sp³-hybridized carbons (Fsp3) is 0.400. The van der Waals surface area contributed by atoms with E-state index < -0.39 is 0 Å². The number of halogens is 1. The molecule has 3 nitrogen and oxygen atoms in total. The lowest BCUT2D eigenvalue weighted by Gasteiger charge is -2.32. The maximum Gasteiger partial charge on any atom is 0.139 e. The molecule has 0 aliphatic rings. The van der Waals surface area contributed by atoms with Crippen molar-refractivity contribution in [2.24, 2.45) is 0 Å². The minimum Gasteiger partial charge on any atom is -1.00 e. The van der Waals surface area contributed by atoms with E-state index in [1.165, 1.54) is 0 Å². The molecule has 0 aliphatic carbocycles. The van der Waals surface area contributed by atoms with Crippen LogP contribution in [-0.4, -0.2) is 41.4 Å². The van der Waals surface area contributed by atoms with E-state index in [0.717, 1.165) is 0 Å². The minimum absolute atomic E-state index is 0. The van der Waals surface area contributed by atoms with Gasteiger partial charge in [-0.15, -0.1) is 0 Å². The van der Waals surface area contributed by atoms with Crippen molar-refractivity contribution >= 4 is 0 Å². The summed E-state index contributed by atoms with van der Waals surface area (Å²) in [4.78, 5) is 0. The number of hydrogen-bond donors (Lipinski definition) is 2. The lowest BCUT2D eigenvalue weighted by Crippen LogP contribution is -3.00. The Bertz CT molecular complexity index is 210. The third-order valence-electron chi connectivity index (χ3n) is 1.70. The molecule has 0 spiro atoms. The average Bonchev–Trinajstić information content (AvgIpc) is 1.81. The number of nitrogens with zero attached hydrogens (tertiary/aromatic N) is 1. The van der Waals surface area contributed by atoms with Crippen LogP contribution in [0.25, 0.3) is 0 Å². The van der Waals surface area contributed by atoms with Crippen LogP contribution in [0.1, 0.15) is 0 Å². The fourth-order valence-corrected chi connectivity index (χ4v) is 1.38. The van der Waals surface area contributed by atoms with Gasteiger partial charge in [0.2, 0.25) is 0 Å². The predicted molar refractivity (Wildman–Crippen MR) is 54.5 cm³/mol. The lowest BCUT2D eigenvalue weighted by atomic mass is 10.3. The number of aliphatic hydroxyl groups excluding tert-OH is 2. The second kappa shape index (κ2) is 6.51. The molecule has 0 bridgehead atoms. The molecule has 0 radical (unpaired) electrons. The first-order valence-corrected chi connectivity index (χ1v) is 4.07. The van der Waals surface area contributed by atoms with Gasteiger partial charge in [0, 0.05) is 0 Å². The van der Waals surface area contributed by atoms with Gasteiger partial charge in [0.05, 0.1) is 13.6 Å². The van der Waals surface area contributed by atoms with Crippen LogP contribution in [0.2, 0.25) is 0 Å². The van der Waals surface area contributed by atoms with Crippen molar-refractivity contribution in [2.45, 2.75) is 0 Å². The molecule has 2 N–H and O–H groups in total. The summed E-state index contributed by atoms with van der Waals surface area (Å²) < 4.78 is 0.439. The molecule has 82 valence electrons. The SMILES string of the molecule is C=CC[N+](C)(CC(=C)O)CC(=C)O.[Cl-]. The first-order chi connectivity index (χ1) is 5.89. The van der Waals surface area contributed by atoms with Crippen molar-refractivity contribution in [3.63, 3.8) is 0 Å². The third-order valence-corrected chi connectivity index (χ3v) is 1.70. The van der Waals surface area contributed by atoms with E-state index in [9.17, 15) is 0 Å². The zero-order valence-electron chi connectivity index (χ0n) is 8.54. The van der Waals surface area contributed by atoms with Gasteiger partial charge in [-0.05, 0) is 6.08 Å². The number of aliphatic hydroxyl groups is 2. The summed E-state index contributed by atoms with van der Waals surface area (Å²) in [6.07, 6.45) is 1.74. The van der Waals surface area contributed by atoms with Gasteiger partial charge in [0.25, 0.3) is 0 Å². The highest BCUT2D eigenvalue weighted by Gasteiger charge is 2.21. The average molecular weight is 220 g/mol. The van der Waals surface area contributed by atoms with E-state index in [1.54, 1.807) is 6.08 Å². The molecular formula is C10H18ClNO2. The Hall–Kier alpha value is -0.930. The van der Waals surface area contributed by atoms with Crippen LogP contribution in [0, 0.1) is 0 Å². The van der Waals surface area contributed by atoms with Gasteiger partial charge in [-0.1, -0.05) is 19.7 Å². The predicted octanol–water partition coefficient (Wildman–Crippen LogP) is -1.23. The van der Waals surface area contributed by atoms with Crippen molar-refractivity contribution < 1.29 is 27.1 Å². The molecule has 0 saturated heterocycles. The molecule has 0 rings (SSSR count). The van der Waals surface area contributed by atoms with Crippen molar-refractivity contribution in [1.29, 1.82) is 0 Å². The molecule has 0 saturated carbocycles. The second-order valence-electron chi connectivity index (χ2n) is 3.54. The van der Waals surface area contributed by atoms with Crippen molar-refractivity contribution in [1.82, 2.24) is 0 Å². The van der Waals surface area contributed by atoms with Crippen LogP contribution in [0.15, 0.2) is 37.3 Å². The van der Waals surface area contributed by atoms with E-state index in [4.69, 9.17) is 10.2 Å². The zero-order valence-corrected chi connectivity index (χ0v) is 9.30. The molecule has 0 fully saturated rings. The summed E-state index contributed by atoms with van der Waals surface area (Å²) in [5.74, 6) is 0.205. The molecule has 0 heterocycles. The van der Waals surface area contributed by atoms with E-state index >= 15 is 0 Å². The molecule has 0 aromatic rings. The molecule has 4 heteroatoms. The van der Waals surface area contributed by atoms with E-state index in [1.807, 2.05) is 7.05 Å². The molecule has 14 heavy (non-hydrogen) atoms. The number of hydrogen-bond acceptors (Lipinski definition) is 2. The number of quaternary nitrogens is 1. The molecular weight excluding hydrogens is 202 g/mol. The van der Waals surface area contributed by atoms with E-state index in [0.29, 0.717) is 24.1 Å². The summed E-state index contributed by atoms with van der Waals surface area (Å²) >= 11 is 0. The van der Waals surface area contributed by atoms with Crippen LogP contribution in [-0.2, 0) is 0 Å². The zero-order chi connectivity index (χ0) is 10.5. The summed E-state index contributed by atoms with van der Waals surface area (Å²) in [6.45, 7) is 11.9. The highest BCUT2D eigenvalue weighted by atomic mass is 35.5. The van der Waals surface area contributed by atoms with E-state index in [-0.39, 0.29) is 23.9 Å². The van der Waals surface area contributed by atoms with Gasteiger partial charge >= 0.3 is 0 Å². The summed E-state index contributed by atoms with van der Waals surface area (Å²) in [7, 11) is 1.89. The standard InChI is InChI=1S/C10H17NO2.ClH/c1-5-6-11(4,7-9(2)12)8-10(3)13;/h5H,1-3,6-8H2,4H3,(H-,12,13);1H. The van der Waals surface area contributed by atoms with Gasteiger partial charge in [-0.25, -0.2) is 0 Å². The minimum atomic E-state index is 0. The van der Waals surface area contributed by atoms with Crippen LogP contribution in [0.5, 0.6) is 0 Å². The molecule has 0 atom stereocenters. The van der Waals surface area contributed by atoms with Crippen molar-refractivity contribution in [2.75, 3.05) is 26.7 Å². The van der Waals surface area contributed by atoms with Crippen LogP contribution >= 0.6 is 0 Å². The maximum absolute atomic E-state index is 9.07. The van der Waals surface area contributed by atoms with Crippen molar-refractivity contribution in [3.05, 3.63) is 37.3 Å². The summed E-state index contributed by atoms with van der Waals surface area (Å²) in [5.41, 5.74) is 0. The Morgan fingerprint density at radius 1 is 1.21 bits per heavy atom. The topological polar surface area (TPSA) is 40.5 Å². The monoisotopic (exact) mass is 219 g/mol. The first kappa shape index (κ1) is 15.5. The Morgan fingerprint density at radius 2 is 1.57 bits per heavy atom. The maximum atomic E-state index is 9.07. The highest BCUT2D eigenvalue weighted by molar-refractivity contribution is 4.84. The first-order valence-electron chi connectivity index (χ1n) is 4.07. The Labute approximate surface area is 91.7 Å². The Balaban J connectivity index is 0. The second-order valence-corrected chi connectivity index (χ2v) is 3.54. The Morgan fingerprint density at radius 3 is 1.79 bits per heavy atom. The van der Waals surface area contributed by atoms with Gasteiger partial charge < -0.3 is 27.1 Å². The lowest BCUT2D eigenvalue weighted by molar-refractivity contribution is -0.897. The smallest absolute Gasteiger partial charge is 0.139 e. The molecule has 0 aromatic heterocycles. The number of likely N-dealkylation sites (N-methyl/N-ethyl adjacent to an activating group) is 1. The quantitative estimate of drug-likeness (QED) is 0.334. The van der Waals surface area contributed by atoms with Gasteiger partial charge in [0.15, 0.2) is 0 Å². The summed E-state index contributed by atoms with van der Waals surface area (Å²) in [5, 5.41) is 18.1. The van der Waals surface area contributed by atoms with Crippen molar-refractivity contribution in [3.8, 4) is 0 Å². The van der Waals surface area contributed by atoms with Crippen LogP contribution in [0.4, 0.5) is 0 Å². The highest BCUT2D eigenvalue weighted by Crippen LogP contribution is 2.08. The van der Waals surface area contributed by atoms with E-state index in [2.05, 4.69) is 19.7 Å². The normalized spacial score (nSPS) is 10.1. The molecule has 0 unspecified atom stereocenters. The third kappa shape index (κ3) is 6.57. The van der Waals surface area contributed by atoms with Gasteiger partial charge in [-0.3, -0.25) is 0 Å². The van der Waals surface area contributed by atoms with Gasteiger partial charge in [-0.2, -0.15) is 0 Å². The van der Waals surface area contributed by atoms with Crippen LogP contribution in [0.3, 0.4) is 0 Å². The fourth-order valence-electron chi connectivity index (χ4n) is 1.38. The summed E-state index contributed by atoms with van der Waals surface area (Å²) in [6, 6.07) is 0. The molecule has 0 aliphatic heterocycles. The molecule has 0 amide bonds. The largest absolute Gasteiger partial charge is 1.00 e. The number of rotatable bonds is 6. The Kier molecular flexibility index (Phi) is 7.23. The molecule has 0 aromatic carbocycles. The van der Waals surface area contributed by atoms with Crippen LogP contribution < -0.4 is 12.4 Å².